The molecule has 0 aromatic heterocycles. The lowest BCUT2D eigenvalue weighted by atomic mass is 10.0. The summed E-state index contributed by atoms with van der Waals surface area (Å²) in [6, 6.07) is 3.61. The van der Waals surface area contributed by atoms with Gasteiger partial charge in [-0.3, -0.25) is 4.79 Å². The van der Waals surface area contributed by atoms with E-state index in [4.69, 9.17) is 10.5 Å². The lowest BCUT2D eigenvalue weighted by molar-refractivity contribution is -0.141. The molecule has 0 heterocycles. The second-order valence-electron chi connectivity index (χ2n) is 3.27. The van der Waals surface area contributed by atoms with E-state index < -0.39 is 17.8 Å². The summed E-state index contributed by atoms with van der Waals surface area (Å²) in [5.41, 5.74) is 5.95. The molecule has 5 heteroatoms. The third-order valence-electron chi connectivity index (χ3n) is 2.22. The van der Waals surface area contributed by atoms with Crippen molar-refractivity contribution < 1.29 is 18.7 Å². The number of hydrogen-bond donors (Lipinski definition) is 1. The molecule has 0 radical (unpaired) electrons. The first kappa shape index (κ1) is 12.4. The molecular weight excluding hydrogens is 213 g/mol. The van der Waals surface area contributed by atoms with Gasteiger partial charge in [0.15, 0.2) is 0 Å². The number of halogens is 1. The van der Waals surface area contributed by atoms with E-state index in [-0.39, 0.29) is 12.0 Å². The minimum Gasteiger partial charge on any atom is -0.497 e. The molecule has 88 valence electrons. The van der Waals surface area contributed by atoms with Crippen LogP contribution in [-0.2, 0) is 9.53 Å². The molecule has 1 aromatic carbocycles. The number of esters is 1. The van der Waals surface area contributed by atoms with Gasteiger partial charge in [-0.2, -0.15) is 0 Å². The average molecular weight is 227 g/mol. The molecule has 0 unspecified atom stereocenters. The highest BCUT2D eigenvalue weighted by Gasteiger charge is 2.16. The fraction of sp³-hybridized carbons (Fsp3) is 0.364. The van der Waals surface area contributed by atoms with Gasteiger partial charge in [-0.05, 0) is 6.07 Å². The van der Waals surface area contributed by atoms with Crippen molar-refractivity contribution in [3.8, 4) is 5.75 Å². The van der Waals surface area contributed by atoms with Crippen LogP contribution in [0.5, 0.6) is 5.75 Å². The van der Waals surface area contributed by atoms with E-state index in [1.54, 1.807) is 6.07 Å². The van der Waals surface area contributed by atoms with Crippen LogP contribution in [0, 0.1) is 5.82 Å². The number of benzene rings is 1. The standard InChI is InChI=1S/C11H14FNO3/c1-15-7-3-4-8(9(12)5-7)10(13)6-11(14)16-2/h3-5,10H,6,13H2,1-2H3/t10-/m1/s1. The molecule has 1 aromatic rings. The molecule has 16 heavy (non-hydrogen) atoms. The number of carbonyl (C=O) groups excluding carboxylic acids is 1. The van der Waals surface area contributed by atoms with Gasteiger partial charge in [0.25, 0.3) is 0 Å². The van der Waals surface area contributed by atoms with Crippen LogP contribution in [0.1, 0.15) is 18.0 Å². The summed E-state index contributed by atoms with van der Waals surface area (Å²) in [5, 5.41) is 0. The number of methoxy groups -OCH3 is 2. The Balaban J connectivity index is 2.83. The van der Waals surface area contributed by atoms with Crippen LogP contribution >= 0.6 is 0 Å². The van der Waals surface area contributed by atoms with Gasteiger partial charge in [0.1, 0.15) is 11.6 Å². The monoisotopic (exact) mass is 227 g/mol. The van der Waals surface area contributed by atoms with Gasteiger partial charge < -0.3 is 15.2 Å². The van der Waals surface area contributed by atoms with Crippen LogP contribution < -0.4 is 10.5 Å². The van der Waals surface area contributed by atoms with E-state index in [9.17, 15) is 9.18 Å². The maximum absolute atomic E-state index is 13.5. The highest BCUT2D eigenvalue weighted by Crippen LogP contribution is 2.22. The summed E-state index contributed by atoms with van der Waals surface area (Å²) >= 11 is 0. The molecule has 0 fully saturated rings. The summed E-state index contributed by atoms with van der Waals surface area (Å²) in [5.74, 6) is -0.551. The van der Waals surface area contributed by atoms with Gasteiger partial charge in [-0.15, -0.1) is 0 Å². The van der Waals surface area contributed by atoms with Crippen LogP contribution in [-0.4, -0.2) is 20.2 Å². The first-order valence-corrected chi connectivity index (χ1v) is 4.74. The minimum absolute atomic E-state index is 0.0558. The predicted octanol–water partition coefficient (Wildman–Crippen LogP) is 1.40. The third-order valence-corrected chi connectivity index (χ3v) is 2.22. The van der Waals surface area contributed by atoms with Gasteiger partial charge in [0, 0.05) is 17.7 Å². The zero-order valence-electron chi connectivity index (χ0n) is 9.20. The van der Waals surface area contributed by atoms with Crippen LogP contribution in [0.4, 0.5) is 4.39 Å². The Kier molecular flexibility index (Phi) is 4.25. The Morgan fingerprint density at radius 3 is 2.69 bits per heavy atom. The maximum Gasteiger partial charge on any atom is 0.307 e. The third kappa shape index (κ3) is 2.93. The van der Waals surface area contributed by atoms with Gasteiger partial charge in [0.2, 0.25) is 0 Å². The summed E-state index contributed by atoms with van der Waals surface area (Å²) < 4.78 is 22.9. The summed E-state index contributed by atoms with van der Waals surface area (Å²) in [4.78, 5) is 11.0. The van der Waals surface area contributed by atoms with Crippen LogP contribution in [0.2, 0.25) is 0 Å². The number of hydrogen-bond acceptors (Lipinski definition) is 4. The van der Waals surface area contributed by atoms with E-state index in [1.807, 2.05) is 0 Å². The predicted molar refractivity (Wildman–Crippen MR) is 56.5 cm³/mol. The highest BCUT2D eigenvalue weighted by atomic mass is 19.1. The molecule has 0 spiro atoms. The molecule has 1 rings (SSSR count). The summed E-state index contributed by atoms with van der Waals surface area (Å²) in [6.45, 7) is 0. The smallest absolute Gasteiger partial charge is 0.307 e. The molecular formula is C11H14FNO3. The lowest BCUT2D eigenvalue weighted by Gasteiger charge is -2.12. The van der Waals surface area contributed by atoms with Crippen molar-refractivity contribution in [2.45, 2.75) is 12.5 Å². The fourth-order valence-electron chi connectivity index (χ4n) is 1.31. The molecule has 0 amide bonds. The average Bonchev–Trinajstić information content (AvgIpc) is 2.28. The van der Waals surface area contributed by atoms with Crippen molar-refractivity contribution in [3.63, 3.8) is 0 Å². The summed E-state index contributed by atoms with van der Waals surface area (Å²) in [7, 11) is 2.71. The minimum atomic E-state index is -0.710. The Morgan fingerprint density at radius 1 is 1.50 bits per heavy atom. The van der Waals surface area contributed by atoms with Gasteiger partial charge in [-0.25, -0.2) is 4.39 Å². The van der Waals surface area contributed by atoms with Crippen LogP contribution in [0.3, 0.4) is 0 Å². The second-order valence-corrected chi connectivity index (χ2v) is 3.27. The number of nitrogens with two attached hydrogens (primary N) is 1. The SMILES string of the molecule is COC(=O)C[C@@H](N)c1ccc(OC)cc1F. The van der Waals surface area contributed by atoms with E-state index in [0.717, 1.165) is 0 Å². The van der Waals surface area contributed by atoms with E-state index >= 15 is 0 Å². The molecule has 0 aliphatic heterocycles. The number of ether oxygens (including phenoxy) is 2. The van der Waals surface area contributed by atoms with Crippen molar-refractivity contribution in [2.24, 2.45) is 5.73 Å². The lowest BCUT2D eigenvalue weighted by Crippen LogP contribution is -2.17. The normalized spacial score (nSPS) is 12.0. The molecule has 0 aliphatic carbocycles. The molecule has 0 aliphatic rings. The first-order chi connectivity index (χ1) is 7.58. The largest absolute Gasteiger partial charge is 0.497 e. The van der Waals surface area contributed by atoms with Crippen molar-refractivity contribution in [2.75, 3.05) is 14.2 Å². The Hall–Kier alpha value is -1.62. The Morgan fingerprint density at radius 2 is 2.19 bits per heavy atom. The van der Waals surface area contributed by atoms with Crippen LogP contribution in [0.25, 0.3) is 0 Å². The second kappa shape index (κ2) is 5.46. The topological polar surface area (TPSA) is 61.5 Å². The molecule has 0 bridgehead atoms. The van der Waals surface area contributed by atoms with E-state index in [2.05, 4.69) is 4.74 Å². The van der Waals surface area contributed by atoms with Gasteiger partial charge >= 0.3 is 5.97 Å². The molecule has 0 saturated heterocycles. The zero-order valence-corrected chi connectivity index (χ0v) is 9.20. The van der Waals surface area contributed by atoms with E-state index in [0.29, 0.717) is 5.75 Å². The fourth-order valence-corrected chi connectivity index (χ4v) is 1.31. The van der Waals surface area contributed by atoms with Crippen molar-refractivity contribution >= 4 is 5.97 Å². The number of rotatable bonds is 4. The molecule has 4 nitrogen and oxygen atoms in total. The quantitative estimate of drug-likeness (QED) is 0.790. The van der Waals surface area contributed by atoms with E-state index in [1.165, 1.54) is 26.4 Å². The summed E-state index contributed by atoms with van der Waals surface area (Å²) in [6.07, 6.45) is -0.0558. The van der Waals surface area contributed by atoms with Gasteiger partial charge in [0.05, 0.1) is 20.6 Å². The number of carbonyl (C=O) groups is 1. The van der Waals surface area contributed by atoms with Crippen molar-refractivity contribution in [1.82, 2.24) is 0 Å². The van der Waals surface area contributed by atoms with Crippen LogP contribution in [0.15, 0.2) is 18.2 Å². The van der Waals surface area contributed by atoms with Crippen molar-refractivity contribution in [3.05, 3.63) is 29.6 Å². The Labute approximate surface area is 93.2 Å². The Bertz CT molecular complexity index is 381. The maximum atomic E-state index is 13.5. The highest BCUT2D eigenvalue weighted by molar-refractivity contribution is 5.70. The molecule has 2 N–H and O–H groups in total. The first-order valence-electron chi connectivity index (χ1n) is 4.74. The van der Waals surface area contributed by atoms with Gasteiger partial charge in [-0.1, -0.05) is 6.07 Å². The zero-order chi connectivity index (χ0) is 12.1. The van der Waals surface area contributed by atoms with Crippen molar-refractivity contribution in [1.29, 1.82) is 0 Å². The molecule has 1 atom stereocenters. The molecule has 0 saturated carbocycles.